The molecule has 3 aliphatic carbocycles. The van der Waals surface area contributed by atoms with Gasteiger partial charge in [0.1, 0.15) is 11.7 Å². The molecule has 6 atom stereocenters. The van der Waals surface area contributed by atoms with E-state index >= 15 is 0 Å². The third kappa shape index (κ3) is 3.97. The second-order valence-electron chi connectivity index (χ2n) is 12.1. The Balaban J connectivity index is 2.01. The molecule has 7 N–H and O–H groups in total. The molecule has 0 bridgehead atoms. The molecule has 0 heterocycles. The highest BCUT2D eigenvalue weighted by Gasteiger charge is 2.78. The van der Waals surface area contributed by atoms with Crippen LogP contribution < -0.4 is 22.1 Å². The van der Waals surface area contributed by atoms with Crippen molar-refractivity contribution in [3.05, 3.63) is 22.8 Å². The molecular weight excluding hydrogens is 540 g/mol. The van der Waals surface area contributed by atoms with Crippen LogP contribution in [0.5, 0.6) is 5.75 Å². The molecule has 42 heavy (non-hydrogen) atoms. The first-order chi connectivity index (χ1) is 19.6. The highest BCUT2D eigenvalue weighted by Crippen LogP contribution is 2.57. The average molecular weight is 577 g/mol. The predicted molar refractivity (Wildman–Crippen MR) is 152 cm³/mol. The zero-order chi connectivity index (χ0) is 31.5. The van der Waals surface area contributed by atoms with E-state index in [0.29, 0.717) is 17.7 Å². The summed E-state index contributed by atoms with van der Waals surface area (Å²) in [6.45, 7) is 2.02. The molecule has 1 aromatic carbocycles. The number of phenolic OH excluding ortho intramolecular Hbond substituents is 1. The summed E-state index contributed by atoms with van der Waals surface area (Å²) in [5.41, 5.74) is 13.3. The Morgan fingerprint density at radius 3 is 2.31 bits per heavy atom. The van der Waals surface area contributed by atoms with Gasteiger partial charge in [0.05, 0.1) is 28.8 Å². The second-order valence-corrected chi connectivity index (χ2v) is 12.1. The zero-order valence-electron chi connectivity index (χ0n) is 24.4. The van der Waals surface area contributed by atoms with Gasteiger partial charge in [0.25, 0.3) is 0 Å². The van der Waals surface area contributed by atoms with Gasteiger partial charge in [-0.25, -0.2) is 0 Å². The molecule has 1 amide bonds. The van der Waals surface area contributed by atoms with Crippen LogP contribution in [0.2, 0.25) is 0 Å². The number of amides is 1. The maximum absolute atomic E-state index is 14.5. The van der Waals surface area contributed by atoms with Gasteiger partial charge in [0, 0.05) is 31.7 Å². The van der Waals surface area contributed by atoms with E-state index in [-0.39, 0.29) is 17.5 Å². The van der Waals surface area contributed by atoms with Crippen molar-refractivity contribution in [2.24, 2.45) is 34.5 Å². The van der Waals surface area contributed by atoms with Gasteiger partial charge in [0.2, 0.25) is 5.91 Å². The Morgan fingerprint density at radius 2 is 1.79 bits per heavy atom. The number of anilines is 1. The average Bonchev–Trinajstić information content (AvgIpc) is 2.86. The number of nitrogens with two attached hydrogens (primary N) is 3. The fourth-order valence-electron chi connectivity index (χ4n) is 7.17. The number of benzene rings is 1. The fraction of sp³-hybridized carbons (Fsp3) is 0.533. The number of likely N-dealkylation sites (N-methyl/N-ethyl adjacent to an activating group) is 1. The molecule has 0 spiro atoms. The van der Waals surface area contributed by atoms with Crippen LogP contribution in [0.4, 0.5) is 5.69 Å². The van der Waals surface area contributed by atoms with Crippen molar-refractivity contribution in [1.82, 2.24) is 4.90 Å². The van der Waals surface area contributed by atoms with Crippen LogP contribution in [0.3, 0.4) is 0 Å². The van der Waals surface area contributed by atoms with Gasteiger partial charge in [-0.15, -0.1) is 0 Å². The lowest BCUT2D eigenvalue weighted by Crippen LogP contribution is -2.85. The molecule has 2 saturated carbocycles. The third-order valence-corrected chi connectivity index (χ3v) is 8.93. The standard InChI is InChI=1S/C30H36N6O6/c1-6-7-8-9-10-15-11-17(35(2)3)16-12-28(33)13-30(34)24(36(4)5)23(39)19(27(32)42)25(40)29(30,14-31)26(41)20(28)22(38)18(16)21(15)37/h11,19-20,24,37H,6-8,12-13,33-34H2,1-5H3,(H2,32,42)/t19?,20?,24-,28-,29+,30-/m1/s1. The highest BCUT2D eigenvalue weighted by molar-refractivity contribution is 6.33. The summed E-state index contributed by atoms with van der Waals surface area (Å²) in [5.74, 6) is -4.16. The molecule has 222 valence electrons. The smallest absolute Gasteiger partial charge is 0.235 e. The number of primary amides is 1. The first kappa shape index (κ1) is 30.8. The van der Waals surface area contributed by atoms with Crippen LogP contribution in [-0.2, 0) is 25.6 Å². The zero-order valence-corrected chi connectivity index (χ0v) is 24.4. The fourth-order valence-corrected chi connectivity index (χ4v) is 7.17. The molecule has 12 nitrogen and oxygen atoms in total. The van der Waals surface area contributed by atoms with E-state index in [0.717, 1.165) is 12.8 Å². The van der Waals surface area contributed by atoms with Gasteiger partial charge in [-0.1, -0.05) is 25.2 Å². The number of ketones is 4. The Hall–Kier alpha value is -4.10. The molecular formula is C30H36N6O6. The molecule has 0 aliphatic heterocycles. The largest absolute Gasteiger partial charge is 0.506 e. The summed E-state index contributed by atoms with van der Waals surface area (Å²) in [4.78, 5) is 71.4. The number of carbonyl (C=O) groups excluding carboxylic acids is 5. The van der Waals surface area contributed by atoms with Gasteiger partial charge in [-0.2, -0.15) is 5.26 Å². The maximum Gasteiger partial charge on any atom is 0.235 e. The van der Waals surface area contributed by atoms with Crippen LogP contribution in [0.25, 0.3) is 0 Å². The number of rotatable bonds is 5. The third-order valence-electron chi connectivity index (χ3n) is 8.93. The Morgan fingerprint density at radius 1 is 1.14 bits per heavy atom. The van der Waals surface area contributed by atoms with Crippen molar-refractivity contribution in [3.63, 3.8) is 0 Å². The van der Waals surface area contributed by atoms with E-state index < -0.39 is 75.6 Å². The van der Waals surface area contributed by atoms with Crippen LogP contribution in [0, 0.1) is 40.4 Å². The lowest BCUT2D eigenvalue weighted by molar-refractivity contribution is -0.166. The molecule has 4 rings (SSSR count). The molecule has 2 fully saturated rings. The Kier molecular flexibility index (Phi) is 7.58. The van der Waals surface area contributed by atoms with Crippen LogP contribution >= 0.6 is 0 Å². The van der Waals surface area contributed by atoms with Gasteiger partial charge in [-0.3, -0.25) is 28.9 Å². The number of Topliss-reactive ketones (excluding diaryl/α,β-unsaturated/α-hetero) is 4. The van der Waals surface area contributed by atoms with Gasteiger partial charge < -0.3 is 27.2 Å². The van der Waals surface area contributed by atoms with Crippen molar-refractivity contribution in [2.75, 3.05) is 33.1 Å². The molecule has 2 unspecified atom stereocenters. The Bertz CT molecular complexity index is 1530. The quantitative estimate of drug-likeness (QED) is 0.198. The molecule has 0 aromatic heterocycles. The minimum absolute atomic E-state index is 0.142. The molecule has 0 saturated heterocycles. The topological polar surface area (TPSA) is 214 Å². The number of nitriles is 1. The lowest BCUT2D eigenvalue weighted by Gasteiger charge is -2.60. The highest BCUT2D eigenvalue weighted by atomic mass is 16.3. The minimum atomic E-state index is -2.78. The SMILES string of the molecule is CCCCC#Cc1cc(N(C)C)c2c(c1O)C(=O)C1C(=O)[C@]3(C#N)C(=O)C(C(N)=O)C(=O)[C@@H](N(C)C)[C@]3(N)C[C@]1(N)C2. The van der Waals surface area contributed by atoms with Crippen molar-refractivity contribution in [2.45, 2.75) is 56.1 Å². The van der Waals surface area contributed by atoms with E-state index in [1.54, 1.807) is 31.1 Å². The maximum atomic E-state index is 14.5. The number of hydrogen-bond donors (Lipinski definition) is 4. The summed E-state index contributed by atoms with van der Waals surface area (Å²) in [6.07, 6.45) is 1.74. The van der Waals surface area contributed by atoms with E-state index in [1.165, 1.54) is 19.0 Å². The number of hydrogen-bond acceptors (Lipinski definition) is 11. The van der Waals surface area contributed by atoms with E-state index in [4.69, 9.17) is 17.2 Å². The number of nitrogens with zero attached hydrogens (tertiary/aromatic N) is 3. The number of fused-ring (bicyclic) bond motifs is 3. The Labute approximate surface area is 244 Å². The summed E-state index contributed by atoms with van der Waals surface area (Å²) < 4.78 is 0. The van der Waals surface area contributed by atoms with E-state index in [2.05, 4.69) is 11.8 Å². The normalized spacial score (nSPS) is 31.8. The molecule has 3 aliphatic rings. The number of phenols is 1. The van der Waals surface area contributed by atoms with Crippen molar-refractivity contribution in [1.29, 1.82) is 5.26 Å². The first-order valence-corrected chi connectivity index (χ1v) is 13.7. The monoisotopic (exact) mass is 576 g/mol. The summed E-state index contributed by atoms with van der Waals surface area (Å²) in [6, 6.07) is 1.89. The lowest BCUT2D eigenvalue weighted by atomic mass is 9.42. The van der Waals surface area contributed by atoms with Crippen molar-refractivity contribution in [3.8, 4) is 23.7 Å². The van der Waals surface area contributed by atoms with E-state index in [1.807, 2.05) is 6.92 Å². The number of aromatic hydroxyl groups is 1. The van der Waals surface area contributed by atoms with Crippen LogP contribution in [0.1, 0.15) is 54.1 Å². The number of unbranched alkanes of at least 4 members (excludes halogenated alkanes) is 2. The molecule has 1 aromatic rings. The van der Waals surface area contributed by atoms with Crippen molar-refractivity contribution >= 4 is 34.7 Å². The predicted octanol–water partition coefficient (Wildman–Crippen LogP) is -0.584. The van der Waals surface area contributed by atoms with Gasteiger partial charge in [0.15, 0.2) is 34.5 Å². The first-order valence-electron chi connectivity index (χ1n) is 13.7. The second kappa shape index (κ2) is 10.3. The van der Waals surface area contributed by atoms with Crippen LogP contribution in [0.15, 0.2) is 6.07 Å². The minimum Gasteiger partial charge on any atom is -0.506 e. The number of carbonyl (C=O) groups is 5. The van der Waals surface area contributed by atoms with Gasteiger partial charge in [-0.05, 0) is 45.0 Å². The molecule has 12 heteroatoms. The summed E-state index contributed by atoms with van der Waals surface area (Å²) in [7, 11) is 6.39. The summed E-state index contributed by atoms with van der Waals surface area (Å²) >= 11 is 0. The van der Waals surface area contributed by atoms with Crippen LogP contribution in [-0.4, -0.2) is 84.4 Å². The van der Waals surface area contributed by atoms with E-state index in [9.17, 15) is 34.3 Å². The summed E-state index contributed by atoms with van der Waals surface area (Å²) in [5, 5.41) is 21.8. The van der Waals surface area contributed by atoms with Crippen molar-refractivity contribution < 1.29 is 29.1 Å². The van der Waals surface area contributed by atoms with Gasteiger partial charge >= 0.3 is 0 Å². The molecule has 0 radical (unpaired) electrons.